The zero-order chi connectivity index (χ0) is 12.0. The number of esters is 1. The minimum Gasteiger partial charge on any atom is -0.497 e. The topological polar surface area (TPSA) is 35.5 Å². The second-order valence-electron chi connectivity index (χ2n) is 3.43. The van der Waals surface area contributed by atoms with E-state index in [1.807, 2.05) is 0 Å². The molecule has 16 heavy (non-hydrogen) atoms. The van der Waals surface area contributed by atoms with E-state index in [-0.39, 0.29) is 13.0 Å². The van der Waals surface area contributed by atoms with Crippen LogP contribution in [0.1, 0.15) is 23.7 Å². The monoisotopic (exact) mass is 226 g/mol. The molecule has 0 bridgehead atoms. The molecular formula is C12H15FO3. The van der Waals surface area contributed by atoms with Crippen molar-refractivity contribution in [2.24, 2.45) is 0 Å². The number of benzene rings is 1. The molecule has 0 amide bonds. The minimum atomic E-state index is -0.955. The summed E-state index contributed by atoms with van der Waals surface area (Å²) in [5.74, 6) is 0.234. The molecule has 0 saturated heterocycles. The Morgan fingerprint density at radius 1 is 1.38 bits per heavy atom. The lowest BCUT2D eigenvalue weighted by molar-refractivity contribution is 0.0478. The molecule has 1 aromatic carbocycles. The number of hydrogen-bond donors (Lipinski definition) is 0. The molecule has 1 rings (SSSR count). The third-order valence-corrected chi connectivity index (χ3v) is 2.07. The number of alkyl halides is 1. The summed E-state index contributed by atoms with van der Waals surface area (Å²) in [6, 6.07) is 6.57. The lowest BCUT2D eigenvalue weighted by Gasteiger charge is -2.05. The highest BCUT2D eigenvalue weighted by Gasteiger charge is 2.07. The van der Waals surface area contributed by atoms with Crippen molar-refractivity contribution in [1.82, 2.24) is 0 Å². The second-order valence-corrected chi connectivity index (χ2v) is 3.43. The summed E-state index contributed by atoms with van der Waals surface area (Å²) < 4.78 is 22.3. The molecule has 1 atom stereocenters. The van der Waals surface area contributed by atoms with Crippen LogP contribution in [-0.2, 0) is 4.74 Å². The number of halogens is 1. The molecule has 0 aromatic heterocycles. The lowest BCUT2D eigenvalue weighted by Crippen LogP contribution is -2.09. The Bertz CT molecular complexity index is 333. The van der Waals surface area contributed by atoms with Crippen LogP contribution >= 0.6 is 0 Å². The summed E-state index contributed by atoms with van der Waals surface area (Å²) >= 11 is 0. The zero-order valence-corrected chi connectivity index (χ0v) is 9.40. The Morgan fingerprint density at radius 2 is 2.00 bits per heavy atom. The van der Waals surface area contributed by atoms with Crippen molar-refractivity contribution in [3.8, 4) is 5.75 Å². The SMILES string of the molecule is COc1ccc(C(=O)OCCC(C)F)cc1. The largest absolute Gasteiger partial charge is 0.497 e. The van der Waals surface area contributed by atoms with Crippen LogP contribution in [0.5, 0.6) is 5.75 Å². The Balaban J connectivity index is 2.46. The summed E-state index contributed by atoms with van der Waals surface area (Å²) in [5.41, 5.74) is 0.437. The normalized spacial score (nSPS) is 11.9. The summed E-state index contributed by atoms with van der Waals surface area (Å²) in [6.45, 7) is 1.53. The maximum atomic E-state index is 12.4. The molecule has 0 aliphatic rings. The van der Waals surface area contributed by atoms with E-state index >= 15 is 0 Å². The third-order valence-electron chi connectivity index (χ3n) is 2.07. The molecule has 1 unspecified atom stereocenters. The number of carbonyl (C=O) groups is 1. The average Bonchev–Trinajstić information content (AvgIpc) is 2.28. The molecule has 1 aromatic rings. The van der Waals surface area contributed by atoms with E-state index in [0.29, 0.717) is 11.3 Å². The number of ether oxygens (including phenoxy) is 2. The first kappa shape index (κ1) is 12.5. The van der Waals surface area contributed by atoms with E-state index in [2.05, 4.69) is 0 Å². The van der Waals surface area contributed by atoms with E-state index in [9.17, 15) is 9.18 Å². The summed E-state index contributed by atoms with van der Waals surface area (Å²) in [5, 5.41) is 0. The van der Waals surface area contributed by atoms with Gasteiger partial charge in [-0.15, -0.1) is 0 Å². The predicted molar refractivity (Wildman–Crippen MR) is 58.5 cm³/mol. The van der Waals surface area contributed by atoms with E-state index < -0.39 is 12.1 Å². The fourth-order valence-electron chi connectivity index (χ4n) is 1.12. The number of methoxy groups -OCH3 is 1. The molecule has 0 fully saturated rings. The smallest absolute Gasteiger partial charge is 0.338 e. The van der Waals surface area contributed by atoms with Crippen molar-refractivity contribution in [3.05, 3.63) is 29.8 Å². The highest BCUT2D eigenvalue weighted by molar-refractivity contribution is 5.89. The highest BCUT2D eigenvalue weighted by Crippen LogP contribution is 2.12. The Hall–Kier alpha value is -1.58. The van der Waals surface area contributed by atoms with Gasteiger partial charge in [-0.25, -0.2) is 9.18 Å². The van der Waals surface area contributed by atoms with Gasteiger partial charge in [-0.05, 0) is 31.2 Å². The van der Waals surface area contributed by atoms with Crippen molar-refractivity contribution in [1.29, 1.82) is 0 Å². The van der Waals surface area contributed by atoms with Crippen LogP contribution in [0.2, 0.25) is 0 Å². The summed E-state index contributed by atoms with van der Waals surface area (Å²) in [4.78, 5) is 11.4. The van der Waals surface area contributed by atoms with Gasteiger partial charge < -0.3 is 9.47 Å². The van der Waals surface area contributed by atoms with Gasteiger partial charge in [0.05, 0.1) is 19.3 Å². The van der Waals surface area contributed by atoms with Crippen molar-refractivity contribution in [3.63, 3.8) is 0 Å². The highest BCUT2D eigenvalue weighted by atomic mass is 19.1. The molecule has 0 saturated carbocycles. The van der Waals surface area contributed by atoms with Crippen LogP contribution in [0, 0.1) is 0 Å². The molecule has 88 valence electrons. The first-order chi connectivity index (χ1) is 7.63. The van der Waals surface area contributed by atoms with Gasteiger partial charge in [0, 0.05) is 6.42 Å². The van der Waals surface area contributed by atoms with Crippen molar-refractivity contribution >= 4 is 5.97 Å². The third kappa shape index (κ3) is 3.88. The molecule has 0 aliphatic carbocycles. The summed E-state index contributed by atoms with van der Waals surface area (Å²) in [6.07, 6.45) is -0.731. The molecule has 0 spiro atoms. The lowest BCUT2D eigenvalue weighted by atomic mass is 10.2. The molecule has 0 N–H and O–H groups in total. The number of carbonyl (C=O) groups excluding carboxylic acids is 1. The average molecular weight is 226 g/mol. The number of rotatable bonds is 5. The fraction of sp³-hybridized carbons (Fsp3) is 0.417. The molecule has 0 heterocycles. The van der Waals surface area contributed by atoms with Crippen LogP contribution in [-0.4, -0.2) is 25.9 Å². The van der Waals surface area contributed by atoms with Gasteiger partial charge in [0.25, 0.3) is 0 Å². The zero-order valence-electron chi connectivity index (χ0n) is 9.40. The van der Waals surface area contributed by atoms with Crippen LogP contribution in [0.4, 0.5) is 4.39 Å². The van der Waals surface area contributed by atoms with Gasteiger partial charge in [-0.1, -0.05) is 0 Å². The van der Waals surface area contributed by atoms with Crippen LogP contribution < -0.4 is 4.74 Å². The maximum Gasteiger partial charge on any atom is 0.338 e. The molecule has 3 nitrogen and oxygen atoms in total. The first-order valence-corrected chi connectivity index (χ1v) is 5.08. The number of hydrogen-bond acceptors (Lipinski definition) is 3. The van der Waals surface area contributed by atoms with Crippen LogP contribution in [0.3, 0.4) is 0 Å². The Labute approximate surface area is 94.2 Å². The van der Waals surface area contributed by atoms with Crippen molar-refractivity contribution in [2.75, 3.05) is 13.7 Å². The first-order valence-electron chi connectivity index (χ1n) is 5.08. The predicted octanol–water partition coefficient (Wildman–Crippen LogP) is 2.60. The van der Waals surface area contributed by atoms with E-state index in [1.54, 1.807) is 31.4 Å². The molecule has 0 radical (unpaired) electrons. The van der Waals surface area contributed by atoms with E-state index in [1.165, 1.54) is 6.92 Å². The fourth-order valence-corrected chi connectivity index (χ4v) is 1.12. The molecular weight excluding hydrogens is 211 g/mol. The van der Waals surface area contributed by atoms with Gasteiger partial charge in [0.15, 0.2) is 0 Å². The standard InChI is InChI=1S/C12H15FO3/c1-9(13)7-8-16-12(14)10-3-5-11(15-2)6-4-10/h3-6,9H,7-8H2,1-2H3. The van der Waals surface area contributed by atoms with Crippen molar-refractivity contribution < 1.29 is 18.7 Å². The minimum absolute atomic E-state index is 0.0997. The van der Waals surface area contributed by atoms with E-state index in [0.717, 1.165) is 0 Å². The second kappa shape index (κ2) is 6.10. The molecule has 4 heteroatoms. The Kier molecular flexibility index (Phi) is 4.76. The van der Waals surface area contributed by atoms with Gasteiger partial charge in [0.2, 0.25) is 0 Å². The van der Waals surface area contributed by atoms with Gasteiger partial charge >= 0.3 is 5.97 Å². The molecule has 0 aliphatic heterocycles. The van der Waals surface area contributed by atoms with Gasteiger partial charge in [0.1, 0.15) is 11.9 Å². The van der Waals surface area contributed by atoms with Gasteiger partial charge in [-0.2, -0.15) is 0 Å². The summed E-state index contributed by atoms with van der Waals surface area (Å²) in [7, 11) is 1.55. The van der Waals surface area contributed by atoms with E-state index in [4.69, 9.17) is 9.47 Å². The van der Waals surface area contributed by atoms with Gasteiger partial charge in [-0.3, -0.25) is 0 Å². The quantitative estimate of drug-likeness (QED) is 0.724. The Morgan fingerprint density at radius 3 is 2.50 bits per heavy atom. The van der Waals surface area contributed by atoms with Crippen LogP contribution in [0.15, 0.2) is 24.3 Å². The van der Waals surface area contributed by atoms with Crippen molar-refractivity contribution in [2.45, 2.75) is 19.5 Å². The van der Waals surface area contributed by atoms with Crippen LogP contribution in [0.25, 0.3) is 0 Å². The maximum absolute atomic E-state index is 12.4.